The number of nitrogens with one attached hydrogen (secondary N) is 1. The minimum absolute atomic E-state index is 0.00696. The molecule has 0 spiro atoms. The van der Waals surface area contributed by atoms with Gasteiger partial charge in [0.05, 0.1) is 11.1 Å². The van der Waals surface area contributed by atoms with Gasteiger partial charge in [-0.25, -0.2) is 4.68 Å². The Morgan fingerprint density at radius 3 is 2.80 bits per heavy atom. The van der Waals surface area contributed by atoms with Gasteiger partial charge in [0.25, 0.3) is 0 Å². The molecule has 1 N–H and O–H groups in total. The Morgan fingerprint density at radius 1 is 1.35 bits per heavy atom. The van der Waals surface area contributed by atoms with Gasteiger partial charge in [-0.2, -0.15) is 5.10 Å². The zero-order valence-electron chi connectivity index (χ0n) is 11.5. The maximum atomic E-state index is 11.9. The molecule has 1 amide bonds. The van der Waals surface area contributed by atoms with Crippen LogP contribution in [0.2, 0.25) is 0 Å². The number of aromatic nitrogens is 2. The minimum atomic E-state index is -0.169. The molecule has 0 saturated carbocycles. The molecule has 0 aliphatic carbocycles. The number of carbonyl (C=O) groups excluding carboxylic acids is 2. The van der Waals surface area contributed by atoms with Gasteiger partial charge in [0.15, 0.2) is 5.78 Å². The van der Waals surface area contributed by atoms with Crippen LogP contribution < -0.4 is 5.32 Å². The second kappa shape index (κ2) is 6.47. The number of hydrogen-bond donors (Lipinski definition) is 1. The molecule has 6 heteroatoms. The van der Waals surface area contributed by atoms with Crippen LogP contribution in [0.25, 0.3) is 0 Å². The molecular formula is C14H17N3O2S. The van der Waals surface area contributed by atoms with Crippen LogP contribution in [-0.4, -0.2) is 21.5 Å². The highest BCUT2D eigenvalue weighted by atomic mass is 32.1. The van der Waals surface area contributed by atoms with Crippen molar-refractivity contribution in [1.29, 1.82) is 0 Å². The molecule has 0 radical (unpaired) electrons. The molecule has 2 aromatic rings. The summed E-state index contributed by atoms with van der Waals surface area (Å²) in [7, 11) is 0. The van der Waals surface area contributed by atoms with Crippen molar-refractivity contribution in [3.63, 3.8) is 0 Å². The van der Waals surface area contributed by atoms with Crippen LogP contribution in [0.15, 0.2) is 29.8 Å². The van der Waals surface area contributed by atoms with Crippen LogP contribution in [0, 0.1) is 0 Å². The number of thiophene rings is 1. The molecule has 2 aromatic heterocycles. The molecule has 0 aromatic carbocycles. The highest BCUT2D eigenvalue weighted by Gasteiger charge is 2.12. The molecule has 0 atom stereocenters. The second-order valence-corrected chi connectivity index (χ2v) is 5.65. The normalized spacial score (nSPS) is 10.8. The third-order valence-corrected chi connectivity index (χ3v) is 3.71. The molecule has 106 valence electrons. The molecular weight excluding hydrogens is 274 g/mol. The average Bonchev–Trinajstić information content (AvgIpc) is 3.06. The van der Waals surface area contributed by atoms with Crippen molar-refractivity contribution in [2.75, 3.05) is 5.32 Å². The highest BCUT2D eigenvalue weighted by Crippen LogP contribution is 2.15. The molecule has 0 fully saturated rings. The smallest absolute Gasteiger partial charge is 0.225 e. The lowest BCUT2D eigenvalue weighted by Crippen LogP contribution is -2.17. The number of nitrogens with zero attached hydrogens (tertiary/aromatic N) is 2. The molecule has 0 aliphatic rings. The van der Waals surface area contributed by atoms with E-state index in [-0.39, 0.29) is 30.6 Å². The van der Waals surface area contributed by atoms with Crippen molar-refractivity contribution in [2.24, 2.45) is 0 Å². The Bertz CT molecular complexity index is 587. The van der Waals surface area contributed by atoms with E-state index in [0.717, 1.165) is 0 Å². The standard InChI is InChI=1S/C14H17N3O2S/c1-10(2)17-13(7-8-15-17)16-14(19)6-5-11(18)12-4-3-9-20-12/h3-4,7-10H,5-6H2,1-2H3,(H,16,19). The Hall–Kier alpha value is -1.95. The number of carbonyl (C=O) groups is 2. The fourth-order valence-electron chi connectivity index (χ4n) is 1.82. The molecule has 20 heavy (non-hydrogen) atoms. The van der Waals surface area contributed by atoms with Gasteiger partial charge in [-0.05, 0) is 25.3 Å². The average molecular weight is 291 g/mol. The van der Waals surface area contributed by atoms with E-state index in [1.165, 1.54) is 11.3 Å². The van der Waals surface area contributed by atoms with E-state index >= 15 is 0 Å². The van der Waals surface area contributed by atoms with Crippen LogP contribution in [0.5, 0.6) is 0 Å². The summed E-state index contributed by atoms with van der Waals surface area (Å²) in [4.78, 5) is 24.4. The summed E-state index contributed by atoms with van der Waals surface area (Å²) in [5, 5.41) is 8.78. The first-order valence-corrected chi connectivity index (χ1v) is 7.36. The molecule has 0 bridgehead atoms. The fourth-order valence-corrected chi connectivity index (χ4v) is 2.51. The number of hydrogen-bond acceptors (Lipinski definition) is 4. The highest BCUT2D eigenvalue weighted by molar-refractivity contribution is 7.12. The number of anilines is 1. The minimum Gasteiger partial charge on any atom is -0.311 e. The molecule has 2 heterocycles. The first kappa shape index (κ1) is 14.5. The van der Waals surface area contributed by atoms with Crippen LogP contribution in [0.4, 0.5) is 5.82 Å². The predicted molar refractivity (Wildman–Crippen MR) is 79.1 cm³/mol. The largest absolute Gasteiger partial charge is 0.311 e. The van der Waals surface area contributed by atoms with Crippen molar-refractivity contribution in [2.45, 2.75) is 32.7 Å². The Morgan fingerprint density at radius 2 is 2.15 bits per heavy atom. The SMILES string of the molecule is CC(C)n1nccc1NC(=O)CCC(=O)c1cccs1. The quantitative estimate of drug-likeness (QED) is 0.832. The van der Waals surface area contributed by atoms with Gasteiger partial charge in [0.1, 0.15) is 5.82 Å². The van der Waals surface area contributed by atoms with E-state index in [4.69, 9.17) is 0 Å². The topological polar surface area (TPSA) is 64.0 Å². The third kappa shape index (κ3) is 3.54. The Labute approximate surface area is 121 Å². The summed E-state index contributed by atoms with van der Waals surface area (Å²) in [6.07, 6.45) is 2.05. The molecule has 0 aliphatic heterocycles. The third-order valence-electron chi connectivity index (χ3n) is 2.80. The number of ketones is 1. The zero-order chi connectivity index (χ0) is 14.5. The molecule has 0 saturated heterocycles. The summed E-state index contributed by atoms with van der Waals surface area (Å²) < 4.78 is 1.74. The summed E-state index contributed by atoms with van der Waals surface area (Å²) in [6.45, 7) is 3.98. The summed E-state index contributed by atoms with van der Waals surface area (Å²) in [5.41, 5.74) is 0. The van der Waals surface area contributed by atoms with Crippen LogP contribution in [-0.2, 0) is 4.79 Å². The van der Waals surface area contributed by atoms with Crippen LogP contribution in [0.3, 0.4) is 0 Å². The first-order chi connectivity index (χ1) is 9.58. The van der Waals surface area contributed by atoms with Crippen molar-refractivity contribution in [3.05, 3.63) is 34.7 Å². The Kier molecular flexibility index (Phi) is 4.68. The van der Waals surface area contributed by atoms with Gasteiger partial charge in [0.2, 0.25) is 5.91 Å². The van der Waals surface area contributed by atoms with Crippen molar-refractivity contribution in [1.82, 2.24) is 9.78 Å². The lowest BCUT2D eigenvalue weighted by Gasteiger charge is -2.11. The van der Waals surface area contributed by atoms with Crippen LogP contribution >= 0.6 is 11.3 Å². The number of Topliss-reactive ketones (excluding diaryl/α,β-unsaturated/α-hetero) is 1. The van der Waals surface area contributed by atoms with E-state index in [1.54, 1.807) is 23.0 Å². The fraction of sp³-hybridized carbons (Fsp3) is 0.357. The predicted octanol–water partition coefficient (Wildman–Crippen LogP) is 3.13. The number of amides is 1. The van der Waals surface area contributed by atoms with Gasteiger partial charge in [-0.3, -0.25) is 9.59 Å². The first-order valence-electron chi connectivity index (χ1n) is 6.48. The zero-order valence-corrected chi connectivity index (χ0v) is 12.3. The molecule has 0 unspecified atom stereocenters. The van der Waals surface area contributed by atoms with E-state index in [9.17, 15) is 9.59 Å². The number of rotatable bonds is 6. The molecule has 2 rings (SSSR count). The van der Waals surface area contributed by atoms with Gasteiger partial charge in [-0.1, -0.05) is 6.07 Å². The van der Waals surface area contributed by atoms with E-state index in [2.05, 4.69) is 10.4 Å². The van der Waals surface area contributed by atoms with Crippen LogP contribution in [0.1, 0.15) is 42.4 Å². The van der Waals surface area contributed by atoms with Gasteiger partial charge in [0, 0.05) is 24.9 Å². The summed E-state index contributed by atoms with van der Waals surface area (Å²) in [5.74, 6) is 0.499. The second-order valence-electron chi connectivity index (χ2n) is 4.70. The van der Waals surface area contributed by atoms with Gasteiger partial charge < -0.3 is 5.32 Å². The van der Waals surface area contributed by atoms with E-state index < -0.39 is 0 Å². The molecule has 5 nitrogen and oxygen atoms in total. The van der Waals surface area contributed by atoms with E-state index in [0.29, 0.717) is 10.7 Å². The summed E-state index contributed by atoms with van der Waals surface area (Å²) >= 11 is 1.40. The summed E-state index contributed by atoms with van der Waals surface area (Å²) in [6, 6.07) is 5.53. The Balaban J connectivity index is 1.87. The van der Waals surface area contributed by atoms with Gasteiger partial charge >= 0.3 is 0 Å². The van der Waals surface area contributed by atoms with E-state index in [1.807, 2.05) is 25.3 Å². The lowest BCUT2D eigenvalue weighted by molar-refractivity contribution is -0.116. The maximum absolute atomic E-state index is 11.9. The van der Waals surface area contributed by atoms with Crippen molar-refractivity contribution >= 4 is 28.8 Å². The van der Waals surface area contributed by atoms with Crippen molar-refractivity contribution in [3.8, 4) is 0 Å². The van der Waals surface area contributed by atoms with Crippen molar-refractivity contribution < 1.29 is 9.59 Å². The maximum Gasteiger partial charge on any atom is 0.225 e. The monoisotopic (exact) mass is 291 g/mol. The lowest BCUT2D eigenvalue weighted by atomic mass is 10.2. The van der Waals surface area contributed by atoms with Gasteiger partial charge in [-0.15, -0.1) is 11.3 Å².